The van der Waals surface area contributed by atoms with E-state index in [9.17, 15) is 9.90 Å². The Morgan fingerprint density at radius 1 is 1.38 bits per heavy atom. The van der Waals surface area contributed by atoms with Crippen molar-refractivity contribution in [3.8, 4) is 6.07 Å². The minimum Gasteiger partial charge on any atom is -0.478 e. The summed E-state index contributed by atoms with van der Waals surface area (Å²) in [5, 5.41) is 18.7. The van der Waals surface area contributed by atoms with Crippen molar-refractivity contribution in [2.75, 3.05) is 0 Å². The minimum absolute atomic E-state index is 0.214. The summed E-state index contributed by atoms with van der Waals surface area (Å²) in [5.74, 6) is -0.991. The van der Waals surface area contributed by atoms with Gasteiger partial charge in [-0.15, -0.1) is 0 Å². The first kappa shape index (κ1) is 15.5. The number of rotatable bonds is 3. The molecule has 0 aliphatic rings. The average molecular weight is 363 g/mol. The van der Waals surface area contributed by atoms with Crippen LogP contribution in [0.25, 0.3) is 0 Å². The number of benzene rings is 1. The van der Waals surface area contributed by atoms with E-state index in [2.05, 4.69) is 27.0 Å². The van der Waals surface area contributed by atoms with Crippen LogP contribution in [0.4, 0.5) is 0 Å². The zero-order chi connectivity index (χ0) is 15.6. The van der Waals surface area contributed by atoms with Gasteiger partial charge in [-0.25, -0.2) is 9.78 Å². The Morgan fingerprint density at radius 3 is 2.67 bits per heavy atom. The van der Waals surface area contributed by atoms with Crippen LogP contribution in [0.5, 0.6) is 0 Å². The van der Waals surface area contributed by atoms with Crippen LogP contribution < -0.4 is 0 Å². The van der Waals surface area contributed by atoms with Gasteiger partial charge in [-0.2, -0.15) is 5.26 Å². The monoisotopic (exact) mass is 362 g/mol. The molecule has 0 radical (unpaired) electrons. The van der Waals surface area contributed by atoms with Gasteiger partial charge in [-0.1, -0.05) is 11.8 Å². The number of aryl methyl sites for hydroxylation is 2. The molecule has 0 bridgehead atoms. The zero-order valence-electron chi connectivity index (χ0n) is 11.3. The first-order valence-corrected chi connectivity index (χ1v) is 7.62. The third-order valence-corrected chi connectivity index (χ3v) is 4.44. The number of hydrogen-bond donors (Lipinski definition) is 1. The molecule has 1 heterocycles. The van der Waals surface area contributed by atoms with Crippen LogP contribution in [-0.2, 0) is 0 Å². The molecular formula is C15H11BrN2O2S. The highest BCUT2D eigenvalue weighted by Gasteiger charge is 2.17. The number of carboxylic acid groups (broad SMARTS) is 1. The van der Waals surface area contributed by atoms with Gasteiger partial charge >= 0.3 is 5.97 Å². The van der Waals surface area contributed by atoms with Gasteiger partial charge in [-0.3, -0.25) is 0 Å². The third kappa shape index (κ3) is 3.43. The number of nitriles is 1. The van der Waals surface area contributed by atoms with Gasteiger partial charge in [0.25, 0.3) is 0 Å². The molecule has 0 fully saturated rings. The maximum atomic E-state index is 11.4. The molecule has 0 amide bonds. The van der Waals surface area contributed by atoms with Gasteiger partial charge in [0.05, 0.1) is 11.1 Å². The minimum atomic E-state index is -0.991. The van der Waals surface area contributed by atoms with Crippen LogP contribution in [0.2, 0.25) is 0 Å². The molecule has 0 aliphatic carbocycles. The van der Waals surface area contributed by atoms with Crippen molar-refractivity contribution in [1.82, 2.24) is 4.98 Å². The molecule has 2 rings (SSSR count). The van der Waals surface area contributed by atoms with Gasteiger partial charge in [0, 0.05) is 15.1 Å². The van der Waals surface area contributed by atoms with Gasteiger partial charge in [0.1, 0.15) is 11.1 Å². The molecule has 2 aromatic rings. The molecule has 106 valence electrons. The lowest BCUT2D eigenvalue weighted by atomic mass is 10.1. The summed E-state index contributed by atoms with van der Waals surface area (Å²) in [6.45, 7) is 3.59. The SMILES string of the molecule is Cc1cc(C)c(C(=O)O)c(Sc2ccc(C#N)c(Br)c2)n1. The molecule has 6 heteroatoms. The lowest BCUT2D eigenvalue weighted by molar-refractivity contribution is 0.0691. The van der Waals surface area contributed by atoms with E-state index >= 15 is 0 Å². The summed E-state index contributed by atoms with van der Waals surface area (Å²) in [6.07, 6.45) is 0. The molecule has 0 aliphatic heterocycles. The third-order valence-electron chi connectivity index (χ3n) is 2.80. The summed E-state index contributed by atoms with van der Waals surface area (Å²) in [4.78, 5) is 16.6. The van der Waals surface area contributed by atoms with Crippen molar-refractivity contribution in [3.05, 3.63) is 51.1 Å². The molecule has 1 aromatic carbocycles. The summed E-state index contributed by atoms with van der Waals surface area (Å²) in [6, 6.07) is 9.07. The molecule has 4 nitrogen and oxygen atoms in total. The van der Waals surface area contributed by atoms with Gasteiger partial charge in [0.2, 0.25) is 0 Å². The molecule has 0 unspecified atom stereocenters. The zero-order valence-corrected chi connectivity index (χ0v) is 13.7. The number of hydrogen-bond acceptors (Lipinski definition) is 4. The Kier molecular flexibility index (Phi) is 4.66. The molecule has 0 saturated carbocycles. The Hall–Kier alpha value is -1.84. The first-order valence-electron chi connectivity index (χ1n) is 6.01. The van der Waals surface area contributed by atoms with Crippen LogP contribution in [-0.4, -0.2) is 16.1 Å². The van der Waals surface area contributed by atoms with Gasteiger partial charge in [0.15, 0.2) is 0 Å². The molecule has 0 saturated heterocycles. The highest BCUT2D eigenvalue weighted by molar-refractivity contribution is 9.10. The summed E-state index contributed by atoms with van der Waals surface area (Å²) in [7, 11) is 0. The van der Waals surface area contributed by atoms with E-state index in [1.54, 1.807) is 31.2 Å². The Bertz CT molecular complexity index is 769. The molecule has 0 atom stereocenters. The van der Waals surface area contributed by atoms with E-state index in [1.807, 2.05) is 6.92 Å². The number of aromatic nitrogens is 1. The van der Waals surface area contributed by atoms with Crippen molar-refractivity contribution < 1.29 is 9.90 Å². The van der Waals surface area contributed by atoms with Gasteiger partial charge < -0.3 is 5.11 Å². The maximum Gasteiger partial charge on any atom is 0.338 e. The molecule has 0 spiro atoms. The smallest absolute Gasteiger partial charge is 0.338 e. The van der Waals surface area contributed by atoms with Crippen molar-refractivity contribution in [2.24, 2.45) is 0 Å². The predicted molar refractivity (Wildman–Crippen MR) is 83.7 cm³/mol. The molecule has 1 N–H and O–H groups in total. The number of pyridine rings is 1. The summed E-state index contributed by atoms with van der Waals surface area (Å²) < 4.78 is 0.677. The van der Waals surface area contributed by atoms with Crippen LogP contribution in [0.1, 0.15) is 27.2 Å². The van der Waals surface area contributed by atoms with Crippen molar-refractivity contribution >= 4 is 33.7 Å². The fourth-order valence-electron chi connectivity index (χ4n) is 1.90. The average Bonchev–Trinajstić information content (AvgIpc) is 2.37. The quantitative estimate of drug-likeness (QED) is 0.886. The van der Waals surface area contributed by atoms with E-state index < -0.39 is 5.97 Å². The highest BCUT2D eigenvalue weighted by atomic mass is 79.9. The summed E-state index contributed by atoms with van der Waals surface area (Å²) >= 11 is 4.60. The second-order valence-corrected chi connectivity index (χ2v) is 6.34. The van der Waals surface area contributed by atoms with Crippen LogP contribution in [0.15, 0.2) is 38.7 Å². The maximum absolute atomic E-state index is 11.4. The fraction of sp³-hybridized carbons (Fsp3) is 0.133. The number of nitrogens with zero attached hydrogens (tertiary/aromatic N) is 2. The van der Waals surface area contributed by atoms with Crippen molar-refractivity contribution in [2.45, 2.75) is 23.8 Å². The predicted octanol–water partition coefficient (Wildman–Crippen LogP) is 4.18. The molecule has 21 heavy (non-hydrogen) atoms. The van der Waals surface area contributed by atoms with Crippen LogP contribution in [0.3, 0.4) is 0 Å². The van der Waals surface area contributed by atoms with E-state index in [0.29, 0.717) is 20.6 Å². The lowest BCUT2D eigenvalue weighted by Crippen LogP contribution is -2.05. The topological polar surface area (TPSA) is 74.0 Å². The van der Waals surface area contributed by atoms with Crippen molar-refractivity contribution in [1.29, 1.82) is 5.26 Å². The Balaban J connectivity index is 2.47. The van der Waals surface area contributed by atoms with E-state index in [4.69, 9.17) is 5.26 Å². The fourth-order valence-corrected chi connectivity index (χ4v) is 3.59. The van der Waals surface area contributed by atoms with Gasteiger partial charge in [-0.05, 0) is 59.6 Å². The van der Waals surface area contributed by atoms with Crippen LogP contribution >= 0.6 is 27.7 Å². The number of aromatic carboxylic acids is 1. The highest BCUT2D eigenvalue weighted by Crippen LogP contribution is 2.33. The van der Waals surface area contributed by atoms with Crippen molar-refractivity contribution in [3.63, 3.8) is 0 Å². The number of carbonyl (C=O) groups is 1. The largest absolute Gasteiger partial charge is 0.478 e. The first-order chi connectivity index (χ1) is 9.92. The second-order valence-electron chi connectivity index (χ2n) is 4.42. The second kappa shape index (κ2) is 6.29. The molecular weight excluding hydrogens is 352 g/mol. The lowest BCUT2D eigenvalue weighted by Gasteiger charge is -2.09. The van der Waals surface area contributed by atoms with E-state index in [0.717, 1.165) is 10.6 Å². The van der Waals surface area contributed by atoms with E-state index in [-0.39, 0.29) is 5.56 Å². The normalized spacial score (nSPS) is 10.2. The Morgan fingerprint density at radius 2 is 2.10 bits per heavy atom. The number of halogens is 1. The standard InChI is InChI=1S/C15H11BrN2O2S/c1-8-5-9(2)18-14(13(8)15(19)20)21-11-4-3-10(7-17)12(16)6-11/h3-6H,1-2H3,(H,19,20). The van der Waals surface area contributed by atoms with Crippen LogP contribution in [0, 0.1) is 25.2 Å². The van der Waals surface area contributed by atoms with E-state index in [1.165, 1.54) is 11.8 Å². The summed E-state index contributed by atoms with van der Waals surface area (Å²) in [5.41, 5.74) is 2.20. The molecule has 1 aromatic heterocycles. The Labute approximate surface area is 135 Å². The number of carboxylic acids is 1.